The van der Waals surface area contributed by atoms with Gasteiger partial charge in [-0.2, -0.15) is 5.26 Å². The van der Waals surface area contributed by atoms with Crippen molar-refractivity contribution in [2.24, 2.45) is 7.05 Å². The van der Waals surface area contributed by atoms with Crippen LogP contribution in [0.15, 0.2) is 48.5 Å². The second kappa shape index (κ2) is 12.6. The highest BCUT2D eigenvalue weighted by Crippen LogP contribution is 2.37. The lowest BCUT2D eigenvalue weighted by atomic mass is 9.91. The van der Waals surface area contributed by atoms with E-state index in [4.69, 9.17) is 4.74 Å². The number of fused-ring (bicyclic) bond motifs is 1. The number of nitriles is 1. The molecule has 1 unspecified atom stereocenters. The van der Waals surface area contributed by atoms with E-state index in [-0.39, 0.29) is 29.2 Å². The molecule has 43 heavy (non-hydrogen) atoms. The fourth-order valence-corrected chi connectivity index (χ4v) is 5.47. The first-order valence-electron chi connectivity index (χ1n) is 14.3. The molecule has 2 amide bonds. The lowest BCUT2D eigenvalue weighted by Gasteiger charge is -2.27. The highest BCUT2D eigenvalue weighted by atomic mass is 19.1. The number of ether oxygens (including phenoxy) is 1. The number of halogens is 2. The molecule has 4 aromatic rings. The number of carbonyl (C=O) groups excluding carboxylic acids is 2. The van der Waals surface area contributed by atoms with E-state index in [0.29, 0.717) is 65.9 Å². The lowest BCUT2D eigenvalue weighted by Crippen LogP contribution is -2.43. The summed E-state index contributed by atoms with van der Waals surface area (Å²) in [5.41, 5.74) is 2.64. The number of hydrogen-bond acceptors (Lipinski definition) is 6. The van der Waals surface area contributed by atoms with Crippen molar-refractivity contribution >= 4 is 23.0 Å². The van der Waals surface area contributed by atoms with Gasteiger partial charge in [-0.15, -0.1) is 5.10 Å². The minimum Gasteiger partial charge on any atom is -0.449 e. The van der Waals surface area contributed by atoms with Crippen LogP contribution in [0, 0.1) is 23.0 Å². The highest BCUT2D eigenvalue weighted by Gasteiger charge is 2.33. The molecule has 0 aliphatic carbocycles. The zero-order valence-electron chi connectivity index (χ0n) is 24.3. The maximum absolute atomic E-state index is 15.5. The predicted octanol–water partition coefficient (Wildman–Crippen LogP) is 5.93. The smallest absolute Gasteiger partial charge is 0.410 e. The maximum atomic E-state index is 15.5. The molecule has 3 aromatic carbocycles. The number of aryl methyl sites for hydroxylation is 1. The first-order valence-corrected chi connectivity index (χ1v) is 14.3. The van der Waals surface area contributed by atoms with Crippen molar-refractivity contribution in [2.45, 2.75) is 39.2 Å². The van der Waals surface area contributed by atoms with Crippen molar-refractivity contribution in [2.75, 3.05) is 26.2 Å². The molecule has 5 rings (SSSR count). The summed E-state index contributed by atoms with van der Waals surface area (Å²) in [7, 11) is 1.66. The average Bonchev–Trinajstić information content (AvgIpc) is 3.63. The molecule has 1 fully saturated rings. The second-order valence-corrected chi connectivity index (χ2v) is 10.5. The van der Waals surface area contributed by atoms with Crippen molar-refractivity contribution in [1.82, 2.24) is 24.8 Å². The van der Waals surface area contributed by atoms with E-state index in [0.717, 1.165) is 12.8 Å². The van der Waals surface area contributed by atoms with Gasteiger partial charge in [0.2, 0.25) is 0 Å². The molecular weight excluding hydrogens is 554 g/mol. The van der Waals surface area contributed by atoms with E-state index in [2.05, 4.69) is 10.3 Å². The van der Waals surface area contributed by atoms with Crippen LogP contribution in [0.1, 0.15) is 49.0 Å². The molecule has 0 saturated carbocycles. The summed E-state index contributed by atoms with van der Waals surface area (Å²) in [5, 5.41) is 17.3. The number of amides is 2. The second-order valence-electron chi connectivity index (χ2n) is 10.5. The van der Waals surface area contributed by atoms with Crippen LogP contribution in [-0.2, 0) is 11.8 Å². The number of aromatic nitrogens is 3. The molecule has 0 N–H and O–H groups in total. The third kappa shape index (κ3) is 5.91. The van der Waals surface area contributed by atoms with Crippen molar-refractivity contribution in [1.29, 1.82) is 5.26 Å². The van der Waals surface area contributed by atoms with Crippen LogP contribution >= 0.6 is 0 Å². The van der Waals surface area contributed by atoms with Crippen LogP contribution in [-0.4, -0.2) is 69.1 Å². The average molecular weight is 587 g/mol. The monoisotopic (exact) mass is 586 g/mol. The third-order valence-corrected chi connectivity index (χ3v) is 7.85. The number of hydrogen-bond donors (Lipinski definition) is 0. The van der Waals surface area contributed by atoms with Crippen molar-refractivity contribution in [3.05, 3.63) is 71.3 Å². The minimum absolute atomic E-state index is 0.124. The number of rotatable bonds is 8. The molecule has 1 atom stereocenters. The summed E-state index contributed by atoms with van der Waals surface area (Å²) in [5.74, 6) is -1.51. The Kier molecular flexibility index (Phi) is 8.66. The predicted molar refractivity (Wildman–Crippen MR) is 157 cm³/mol. The van der Waals surface area contributed by atoms with E-state index in [1.807, 2.05) is 19.9 Å². The topological polar surface area (TPSA) is 104 Å². The van der Waals surface area contributed by atoms with Gasteiger partial charge in [0.25, 0.3) is 5.91 Å². The standard InChI is InChI=1S/C32H32F2N6O3/c1-4-6-13-43-32(42)40(5-2)23-11-12-39(19-23)31(41)21-9-10-24(25(14-21)20-7-8-22(18-35)27(33)15-20)26-16-29-30(17-28(26)34)38(3)37-36-29/h7-10,14-17,23H,4-6,11-13,19H2,1-3H3. The fourth-order valence-electron chi connectivity index (χ4n) is 5.47. The van der Waals surface area contributed by atoms with Gasteiger partial charge in [0, 0.05) is 43.9 Å². The summed E-state index contributed by atoms with van der Waals surface area (Å²) in [4.78, 5) is 29.7. The summed E-state index contributed by atoms with van der Waals surface area (Å²) in [6.07, 6.45) is 1.93. The van der Waals surface area contributed by atoms with Crippen LogP contribution in [0.3, 0.4) is 0 Å². The van der Waals surface area contributed by atoms with Gasteiger partial charge >= 0.3 is 6.09 Å². The summed E-state index contributed by atoms with van der Waals surface area (Å²) in [6.45, 7) is 5.51. The molecule has 9 nitrogen and oxygen atoms in total. The molecule has 0 spiro atoms. The van der Waals surface area contributed by atoms with E-state index in [9.17, 15) is 19.2 Å². The SMILES string of the molecule is CCCCOC(=O)N(CC)C1CCN(C(=O)c2ccc(-c3cc4nnn(C)c4cc3F)c(-c3ccc(C#N)c(F)c3)c2)C1. The van der Waals surface area contributed by atoms with Crippen molar-refractivity contribution in [3.63, 3.8) is 0 Å². The molecule has 0 radical (unpaired) electrons. The zero-order valence-corrected chi connectivity index (χ0v) is 24.3. The van der Waals surface area contributed by atoms with Crippen LogP contribution in [0.5, 0.6) is 0 Å². The third-order valence-electron chi connectivity index (χ3n) is 7.85. The molecule has 0 bridgehead atoms. The van der Waals surface area contributed by atoms with Gasteiger partial charge in [-0.05, 0) is 66.8 Å². The Labute approximate surface area is 248 Å². The first-order chi connectivity index (χ1) is 20.7. The molecule has 1 saturated heterocycles. The number of carbonyl (C=O) groups is 2. The molecule has 11 heteroatoms. The molecule has 1 aliphatic rings. The first kappa shape index (κ1) is 29.6. The number of benzene rings is 3. The number of likely N-dealkylation sites (tertiary alicyclic amines) is 1. The van der Waals surface area contributed by atoms with E-state index < -0.39 is 11.6 Å². The Morgan fingerprint density at radius 1 is 1.07 bits per heavy atom. The van der Waals surface area contributed by atoms with Crippen molar-refractivity contribution < 1.29 is 23.1 Å². The maximum Gasteiger partial charge on any atom is 0.410 e. The van der Waals surface area contributed by atoms with Crippen LogP contribution in [0.4, 0.5) is 13.6 Å². The molecule has 222 valence electrons. The Bertz CT molecular complexity index is 1730. The number of nitrogens with zero attached hydrogens (tertiary/aromatic N) is 6. The Morgan fingerprint density at radius 3 is 2.60 bits per heavy atom. The molecule has 1 aliphatic heterocycles. The van der Waals surface area contributed by atoms with Crippen molar-refractivity contribution in [3.8, 4) is 28.3 Å². The van der Waals surface area contributed by atoms with E-state index in [1.165, 1.54) is 22.9 Å². The quantitative estimate of drug-likeness (QED) is 0.237. The molecule has 2 heterocycles. The highest BCUT2D eigenvalue weighted by molar-refractivity contribution is 5.98. The summed E-state index contributed by atoms with van der Waals surface area (Å²) in [6, 6.07) is 13.5. The van der Waals surface area contributed by atoms with Gasteiger partial charge in [-0.3, -0.25) is 4.79 Å². The van der Waals surface area contributed by atoms with E-state index in [1.54, 1.807) is 47.2 Å². The number of likely N-dealkylation sites (N-methyl/N-ethyl adjacent to an activating group) is 1. The van der Waals surface area contributed by atoms with Gasteiger partial charge in [-0.25, -0.2) is 18.3 Å². The summed E-state index contributed by atoms with van der Waals surface area (Å²) >= 11 is 0. The molecular formula is C32H32F2N6O3. The fraction of sp³-hybridized carbons (Fsp3) is 0.344. The zero-order chi connectivity index (χ0) is 30.7. The van der Waals surface area contributed by atoms with Gasteiger partial charge < -0.3 is 14.5 Å². The Balaban J connectivity index is 1.49. The lowest BCUT2D eigenvalue weighted by molar-refractivity contribution is 0.0740. The minimum atomic E-state index is -0.722. The summed E-state index contributed by atoms with van der Waals surface area (Å²) < 4.78 is 37.1. The van der Waals surface area contributed by atoms with E-state index >= 15 is 4.39 Å². The van der Waals surface area contributed by atoms with Gasteiger partial charge in [0.15, 0.2) is 0 Å². The molecule has 1 aromatic heterocycles. The van der Waals surface area contributed by atoms with Crippen LogP contribution in [0.25, 0.3) is 33.3 Å². The van der Waals surface area contributed by atoms with Crippen LogP contribution < -0.4 is 0 Å². The van der Waals surface area contributed by atoms with Gasteiger partial charge in [-0.1, -0.05) is 30.7 Å². The normalized spacial score (nSPS) is 14.6. The van der Waals surface area contributed by atoms with Gasteiger partial charge in [0.05, 0.1) is 23.7 Å². The van der Waals surface area contributed by atoms with Crippen LogP contribution in [0.2, 0.25) is 0 Å². The number of unbranched alkanes of at least 4 members (excludes halogenated alkanes) is 1. The Morgan fingerprint density at radius 2 is 1.88 bits per heavy atom. The van der Waals surface area contributed by atoms with Gasteiger partial charge in [0.1, 0.15) is 23.2 Å². The largest absolute Gasteiger partial charge is 0.449 e. The Hall–Kier alpha value is -4.85.